The summed E-state index contributed by atoms with van der Waals surface area (Å²) in [5.74, 6) is 0.799. The Balaban J connectivity index is 1.57. The normalized spacial score (nSPS) is 14.3. The summed E-state index contributed by atoms with van der Waals surface area (Å²) in [5, 5.41) is 10.9. The topological polar surface area (TPSA) is 77.0 Å². The van der Waals surface area contributed by atoms with Gasteiger partial charge >= 0.3 is 6.09 Å². The average Bonchev–Trinajstić information content (AvgIpc) is 3.19. The number of hydrogen-bond acceptors (Lipinski definition) is 4. The molecule has 1 amide bonds. The number of amides is 1. The molecule has 6 nitrogen and oxygen atoms in total. The van der Waals surface area contributed by atoms with Crippen molar-refractivity contribution in [1.29, 1.82) is 0 Å². The third-order valence-corrected chi connectivity index (χ3v) is 4.06. The molecule has 0 aromatic heterocycles. The molecule has 2 aromatic carbocycles. The van der Waals surface area contributed by atoms with Gasteiger partial charge in [-0.1, -0.05) is 30.3 Å². The lowest BCUT2D eigenvalue weighted by molar-refractivity contribution is -0.0440. The Labute approximate surface area is 152 Å². The van der Waals surface area contributed by atoms with Crippen LogP contribution in [0.2, 0.25) is 0 Å². The van der Waals surface area contributed by atoms with E-state index in [2.05, 4.69) is 17.4 Å². The van der Waals surface area contributed by atoms with E-state index in [9.17, 15) is 4.79 Å². The van der Waals surface area contributed by atoms with E-state index in [1.807, 2.05) is 36.4 Å². The van der Waals surface area contributed by atoms with Crippen LogP contribution in [0.1, 0.15) is 24.7 Å². The summed E-state index contributed by atoms with van der Waals surface area (Å²) in [6, 6.07) is 16.1. The monoisotopic (exact) mass is 357 g/mol. The second-order valence-corrected chi connectivity index (χ2v) is 6.01. The molecule has 0 saturated carbocycles. The van der Waals surface area contributed by atoms with E-state index < -0.39 is 6.09 Å². The Morgan fingerprint density at radius 3 is 2.58 bits per heavy atom. The fourth-order valence-corrected chi connectivity index (χ4v) is 2.79. The first-order valence-corrected chi connectivity index (χ1v) is 8.75. The van der Waals surface area contributed by atoms with Gasteiger partial charge in [0.05, 0.1) is 19.8 Å². The van der Waals surface area contributed by atoms with Gasteiger partial charge in [-0.2, -0.15) is 0 Å². The van der Waals surface area contributed by atoms with Gasteiger partial charge in [0.1, 0.15) is 5.75 Å². The first-order valence-electron chi connectivity index (χ1n) is 8.75. The van der Waals surface area contributed by atoms with E-state index in [1.165, 1.54) is 0 Å². The van der Waals surface area contributed by atoms with Crippen LogP contribution in [0.25, 0.3) is 11.1 Å². The van der Waals surface area contributed by atoms with Crippen LogP contribution in [0.4, 0.5) is 4.79 Å². The standard InChI is InChI=1S/C20H23NO5/c22-20(23)21-9-1-2-10-24-18-8-4-6-16(14-18)15-5-3-7-17(13-15)19-25-11-12-26-19/h3-8,13-14,19,21H,1-2,9-12H2,(H,22,23). The van der Waals surface area contributed by atoms with Gasteiger partial charge in [0.25, 0.3) is 0 Å². The van der Waals surface area contributed by atoms with Gasteiger partial charge in [0.2, 0.25) is 0 Å². The molecule has 0 unspecified atom stereocenters. The zero-order chi connectivity index (χ0) is 18.2. The fraction of sp³-hybridized carbons (Fsp3) is 0.350. The Bertz CT molecular complexity index is 728. The zero-order valence-electron chi connectivity index (χ0n) is 14.5. The molecule has 138 valence electrons. The van der Waals surface area contributed by atoms with E-state index >= 15 is 0 Å². The summed E-state index contributed by atoms with van der Waals surface area (Å²) < 4.78 is 16.9. The predicted octanol–water partition coefficient (Wildman–Crippen LogP) is 3.83. The minimum atomic E-state index is -0.991. The number of ether oxygens (including phenoxy) is 3. The number of rotatable bonds is 8. The number of carbonyl (C=O) groups is 1. The maximum Gasteiger partial charge on any atom is 0.404 e. The first-order chi connectivity index (χ1) is 12.7. The van der Waals surface area contributed by atoms with Gasteiger partial charge < -0.3 is 24.6 Å². The highest BCUT2D eigenvalue weighted by molar-refractivity contribution is 5.66. The molecule has 1 heterocycles. The van der Waals surface area contributed by atoms with Crippen LogP contribution in [-0.2, 0) is 9.47 Å². The molecular formula is C20H23NO5. The number of unbranched alkanes of at least 4 members (excludes halogenated alkanes) is 1. The third kappa shape index (κ3) is 5.21. The predicted molar refractivity (Wildman–Crippen MR) is 97.3 cm³/mol. The van der Waals surface area contributed by atoms with Gasteiger partial charge in [-0.15, -0.1) is 0 Å². The fourth-order valence-electron chi connectivity index (χ4n) is 2.79. The van der Waals surface area contributed by atoms with Crippen molar-refractivity contribution in [3.8, 4) is 16.9 Å². The highest BCUT2D eigenvalue weighted by Gasteiger charge is 2.18. The largest absolute Gasteiger partial charge is 0.494 e. The summed E-state index contributed by atoms with van der Waals surface area (Å²) in [5.41, 5.74) is 3.16. The third-order valence-electron chi connectivity index (χ3n) is 4.06. The Hall–Kier alpha value is -2.57. The van der Waals surface area contributed by atoms with Crippen molar-refractivity contribution < 1.29 is 24.1 Å². The number of nitrogens with one attached hydrogen (secondary N) is 1. The minimum Gasteiger partial charge on any atom is -0.494 e. The molecule has 26 heavy (non-hydrogen) atoms. The van der Waals surface area contributed by atoms with E-state index in [1.54, 1.807) is 0 Å². The van der Waals surface area contributed by atoms with Crippen LogP contribution < -0.4 is 10.1 Å². The lowest BCUT2D eigenvalue weighted by Gasteiger charge is -2.12. The second kappa shape index (κ2) is 9.22. The molecule has 0 bridgehead atoms. The molecule has 1 saturated heterocycles. The molecule has 2 aromatic rings. The van der Waals surface area contributed by atoms with E-state index in [0.717, 1.165) is 35.3 Å². The Morgan fingerprint density at radius 1 is 1.08 bits per heavy atom. The van der Waals surface area contributed by atoms with Crippen LogP contribution in [0.5, 0.6) is 5.75 Å². The highest BCUT2D eigenvalue weighted by atomic mass is 16.7. The average molecular weight is 357 g/mol. The molecular weight excluding hydrogens is 334 g/mol. The molecule has 0 atom stereocenters. The van der Waals surface area contributed by atoms with Crippen LogP contribution in [-0.4, -0.2) is 37.6 Å². The second-order valence-electron chi connectivity index (χ2n) is 6.01. The maximum absolute atomic E-state index is 10.4. The van der Waals surface area contributed by atoms with Crippen molar-refractivity contribution in [2.24, 2.45) is 0 Å². The lowest BCUT2D eigenvalue weighted by atomic mass is 10.0. The molecule has 3 rings (SSSR count). The van der Waals surface area contributed by atoms with Gasteiger partial charge in [0, 0.05) is 12.1 Å². The summed E-state index contributed by atoms with van der Waals surface area (Å²) in [6.45, 7) is 2.24. The summed E-state index contributed by atoms with van der Waals surface area (Å²) in [4.78, 5) is 10.4. The Morgan fingerprint density at radius 2 is 1.81 bits per heavy atom. The number of benzene rings is 2. The van der Waals surface area contributed by atoms with E-state index in [4.69, 9.17) is 19.3 Å². The van der Waals surface area contributed by atoms with Crippen molar-refractivity contribution in [1.82, 2.24) is 5.32 Å². The SMILES string of the molecule is O=C(O)NCCCCOc1cccc(-c2cccc(C3OCCO3)c2)c1. The summed E-state index contributed by atoms with van der Waals surface area (Å²) in [7, 11) is 0. The minimum absolute atomic E-state index is 0.284. The molecule has 1 aliphatic heterocycles. The maximum atomic E-state index is 10.4. The van der Waals surface area contributed by atoms with Gasteiger partial charge in [-0.05, 0) is 42.2 Å². The van der Waals surface area contributed by atoms with Crippen LogP contribution >= 0.6 is 0 Å². The smallest absolute Gasteiger partial charge is 0.404 e. The summed E-state index contributed by atoms with van der Waals surface area (Å²) >= 11 is 0. The van der Waals surface area contributed by atoms with E-state index in [0.29, 0.717) is 26.4 Å². The summed E-state index contributed by atoms with van der Waals surface area (Å²) in [6.07, 6.45) is 0.259. The number of hydrogen-bond donors (Lipinski definition) is 2. The number of carboxylic acid groups (broad SMARTS) is 1. The molecule has 6 heteroatoms. The van der Waals surface area contributed by atoms with Crippen molar-refractivity contribution in [3.63, 3.8) is 0 Å². The van der Waals surface area contributed by atoms with Crippen molar-refractivity contribution >= 4 is 6.09 Å². The lowest BCUT2D eigenvalue weighted by Crippen LogP contribution is -2.22. The molecule has 1 aliphatic rings. The van der Waals surface area contributed by atoms with Crippen molar-refractivity contribution in [2.45, 2.75) is 19.1 Å². The zero-order valence-corrected chi connectivity index (χ0v) is 14.5. The Kier molecular flexibility index (Phi) is 6.46. The molecule has 0 spiro atoms. The molecule has 0 aliphatic carbocycles. The van der Waals surface area contributed by atoms with Crippen LogP contribution in [0, 0.1) is 0 Å². The van der Waals surface area contributed by atoms with Gasteiger partial charge in [0.15, 0.2) is 6.29 Å². The van der Waals surface area contributed by atoms with Gasteiger partial charge in [-0.3, -0.25) is 0 Å². The molecule has 2 N–H and O–H groups in total. The van der Waals surface area contributed by atoms with Crippen molar-refractivity contribution in [2.75, 3.05) is 26.4 Å². The quantitative estimate of drug-likeness (QED) is 0.702. The first kappa shape index (κ1) is 18.2. The van der Waals surface area contributed by atoms with E-state index in [-0.39, 0.29) is 6.29 Å². The molecule has 1 fully saturated rings. The van der Waals surface area contributed by atoms with Gasteiger partial charge in [-0.25, -0.2) is 4.79 Å². The van der Waals surface area contributed by atoms with Crippen LogP contribution in [0.15, 0.2) is 48.5 Å². The molecule has 0 radical (unpaired) electrons. The highest BCUT2D eigenvalue weighted by Crippen LogP contribution is 2.29. The van der Waals surface area contributed by atoms with Crippen LogP contribution in [0.3, 0.4) is 0 Å². The van der Waals surface area contributed by atoms with Crippen molar-refractivity contribution in [3.05, 3.63) is 54.1 Å².